The van der Waals surface area contributed by atoms with E-state index in [2.05, 4.69) is 4.90 Å². The van der Waals surface area contributed by atoms with E-state index in [0.717, 1.165) is 37.8 Å². The highest BCUT2D eigenvalue weighted by atomic mass is 19.1. The Morgan fingerprint density at radius 1 is 1.13 bits per heavy atom. The third-order valence-electron chi connectivity index (χ3n) is 6.13. The number of hydrogen-bond donors (Lipinski definition) is 1. The number of phenolic OH excluding ortho intramolecular Hbond substituents is 1. The lowest BCUT2D eigenvalue weighted by Gasteiger charge is -2.38. The lowest BCUT2D eigenvalue weighted by Crippen LogP contribution is -2.50. The second kappa shape index (κ2) is 9.58. The van der Waals surface area contributed by atoms with Gasteiger partial charge in [0.1, 0.15) is 11.6 Å². The Bertz CT molecular complexity index is 852. The summed E-state index contributed by atoms with van der Waals surface area (Å²) in [5.74, 6) is -0.0858. The predicted molar refractivity (Wildman–Crippen MR) is 113 cm³/mol. The van der Waals surface area contributed by atoms with Gasteiger partial charge in [0.15, 0.2) is 0 Å². The standard InChI is InChI=1S/C24H29FN2O3/c25-20-11-9-18(10-12-20)24(29)27(21-6-2-3-7-21)17-22-16-26(13-14-30-22)15-19-5-1-4-8-23(19)28/h1,4-5,8-12,21-22,28H,2-3,6-7,13-17H2/t22-/m1/s1. The maximum atomic E-state index is 13.3. The summed E-state index contributed by atoms with van der Waals surface area (Å²) in [6.45, 7) is 3.27. The van der Waals surface area contributed by atoms with Crippen molar-refractivity contribution < 1.29 is 19.0 Å². The first-order valence-corrected chi connectivity index (χ1v) is 10.8. The van der Waals surface area contributed by atoms with Crippen molar-refractivity contribution in [3.63, 3.8) is 0 Å². The van der Waals surface area contributed by atoms with Crippen LogP contribution >= 0.6 is 0 Å². The molecule has 1 atom stereocenters. The number of benzene rings is 2. The molecule has 4 rings (SSSR count). The minimum Gasteiger partial charge on any atom is -0.508 e. The molecule has 1 amide bonds. The Balaban J connectivity index is 1.44. The van der Waals surface area contributed by atoms with Crippen molar-refractivity contribution in [2.75, 3.05) is 26.2 Å². The van der Waals surface area contributed by atoms with Crippen LogP contribution in [0.3, 0.4) is 0 Å². The van der Waals surface area contributed by atoms with E-state index in [0.29, 0.717) is 37.6 Å². The maximum absolute atomic E-state index is 13.3. The predicted octanol–water partition coefficient (Wildman–Crippen LogP) is 3.82. The number of rotatable bonds is 6. The van der Waals surface area contributed by atoms with Gasteiger partial charge in [-0.25, -0.2) is 4.39 Å². The molecule has 2 aromatic rings. The smallest absolute Gasteiger partial charge is 0.254 e. The molecule has 1 aliphatic carbocycles. The number of carbonyl (C=O) groups is 1. The molecule has 6 heteroatoms. The molecule has 2 aliphatic rings. The Hall–Kier alpha value is -2.44. The number of carbonyl (C=O) groups excluding carboxylic acids is 1. The molecule has 30 heavy (non-hydrogen) atoms. The molecule has 2 aromatic carbocycles. The fourth-order valence-electron chi connectivity index (χ4n) is 4.51. The molecule has 0 unspecified atom stereocenters. The van der Waals surface area contributed by atoms with Gasteiger partial charge in [-0.1, -0.05) is 31.0 Å². The zero-order chi connectivity index (χ0) is 20.9. The molecule has 0 spiro atoms. The number of halogens is 1. The molecule has 0 radical (unpaired) electrons. The Labute approximate surface area is 177 Å². The van der Waals surface area contributed by atoms with Crippen LogP contribution in [0, 0.1) is 5.82 Å². The van der Waals surface area contributed by atoms with E-state index in [-0.39, 0.29) is 23.9 Å². The van der Waals surface area contributed by atoms with Crippen LogP contribution < -0.4 is 0 Å². The molecule has 1 saturated carbocycles. The zero-order valence-electron chi connectivity index (χ0n) is 17.2. The van der Waals surface area contributed by atoms with Crippen LogP contribution in [0.2, 0.25) is 0 Å². The molecule has 1 heterocycles. The van der Waals surface area contributed by atoms with E-state index in [4.69, 9.17) is 4.74 Å². The highest BCUT2D eigenvalue weighted by Gasteiger charge is 2.31. The zero-order valence-corrected chi connectivity index (χ0v) is 17.2. The van der Waals surface area contributed by atoms with E-state index in [9.17, 15) is 14.3 Å². The summed E-state index contributed by atoms with van der Waals surface area (Å²) in [4.78, 5) is 17.4. The molecule has 1 aliphatic heterocycles. The van der Waals surface area contributed by atoms with Crippen LogP contribution in [0.4, 0.5) is 4.39 Å². The molecular weight excluding hydrogens is 383 g/mol. The molecule has 1 saturated heterocycles. The minimum absolute atomic E-state index is 0.0525. The van der Waals surface area contributed by atoms with Crippen LogP contribution in [0.25, 0.3) is 0 Å². The van der Waals surface area contributed by atoms with Gasteiger partial charge >= 0.3 is 0 Å². The Morgan fingerprint density at radius 3 is 2.60 bits per heavy atom. The average Bonchev–Trinajstić information content (AvgIpc) is 3.29. The maximum Gasteiger partial charge on any atom is 0.254 e. The van der Waals surface area contributed by atoms with Gasteiger partial charge in [0.05, 0.1) is 12.7 Å². The van der Waals surface area contributed by atoms with Gasteiger partial charge in [-0.2, -0.15) is 0 Å². The Kier molecular flexibility index (Phi) is 6.65. The largest absolute Gasteiger partial charge is 0.508 e. The first-order chi connectivity index (χ1) is 14.6. The van der Waals surface area contributed by atoms with Gasteiger partial charge in [-0.3, -0.25) is 9.69 Å². The lowest BCUT2D eigenvalue weighted by atomic mass is 10.1. The van der Waals surface area contributed by atoms with Crippen LogP contribution in [-0.4, -0.2) is 59.2 Å². The summed E-state index contributed by atoms with van der Waals surface area (Å²) in [6, 6.07) is 13.4. The molecule has 2 fully saturated rings. The van der Waals surface area contributed by atoms with Gasteiger partial charge in [0.2, 0.25) is 0 Å². The number of aromatic hydroxyl groups is 1. The van der Waals surface area contributed by atoms with E-state index < -0.39 is 0 Å². The average molecular weight is 413 g/mol. The van der Waals surface area contributed by atoms with E-state index in [1.807, 2.05) is 23.1 Å². The van der Waals surface area contributed by atoms with E-state index >= 15 is 0 Å². The quantitative estimate of drug-likeness (QED) is 0.784. The highest BCUT2D eigenvalue weighted by molar-refractivity contribution is 5.94. The molecule has 1 N–H and O–H groups in total. The number of hydrogen-bond acceptors (Lipinski definition) is 4. The van der Waals surface area contributed by atoms with Crippen molar-refractivity contribution in [2.24, 2.45) is 0 Å². The van der Waals surface area contributed by atoms with Gasteiger partial charge < -0.3 is 14.7 Å². The third-order valence-corrected chi connectivity index (χ3v) is 6.13. The summed E-state index contributed by atoms with van der Waals surface area (Å²) in [5, 5.41) is 10.1. The minimum atomic E-state index is -0.339. The second-order valence-corrected chi connectivity index (χ2v) is 8.26. The monoisotopic (exact) mass is 412 g/mol. The number of amides is 1. The SMILES string of the molecule is O=C(c1ccc(F)cc1)N(C[C@H]1CN(Cc2ccccc2O)CCO1)C1CCCC1. The molecular formula is C24H29FN2O3. The van der Waals surface area contributed by atoms with E-state index in [1.54, 1.807) is 18.2 Å². The highest BCUT2D eigenvalue weighted by Crippen LogP contribution is 2.26. The summed E-state index contributed by atoms with van der Waals surface area (Å²) in [7, 11) is 0. The molecule has 0 aromatic heterocycles. The van der Waals surface area contributed by atoms with Crippen LogP contribution in [0.1, 0.15) is 41.6 Å². The lowest BCUT2D eigenvalue weighted by molar-refractivity contribution is -0.0469. The molecule has 5 nitrogen and oxygen atoms in total. The van der Waals surface area contributed by atoms with Crippen molar-refractivity contribution in [2.45, 2.75) is 44.4 Å². The van der Waals surface area contributed by atoms with Crippen LogP contribution in [0.15, 0.2) is 48.5 Å². The number of ether oxygens (including phenoxy) is 1. The van der Waals surface area contributed by atoms with Gasteiger partial charge in [0, 0.05) is 43.3 Å². The summed E-state index contributed by atoms with van der Waals surface area (Å²) in [5.41, 5.74) is 1.42. The van der Waals surface area contributed by atoms with Crippen molar-refractivity contribution in [3.8, 4) is 5.75 Å². The molecule has 0 bridgehead atoms. The summed E-state index contributed by atoms with van der Waals surface area (Å²) < 4.78 is 19.3. The number of nitrogens with zero attached hydrogens (tertiary/aromatic N) is 2. The summed E-state index contributed by atoms with van der Waals surface area (Å²) >= 11 is 0. The van der Waals surface area contributed by atoms with Crippen molar-refractivity contribution >= 4 is 5.91 Å². The number of morpholine rings is 1. The normalized spacial score (nSPS) is 20.4. The number of para-hydroxylation sites is 1. The first kappa shape index (κ1) is 20.8. The third kappa shape index (κ3) is 4.99. The Morgan fingerprint density at radius 2 is 1.87 bits per heavy atom. The van der Waals surface area contributed by atoms with Crippen molar-refractivity contribution in [1.82, 2.24) is 9.80 Å². The molecule has 160 valence electrons. The van der Waals surface area contributed by atoms with Gasteiger partial charge in [-0.05, 0) is 43.2 Å². The first-order valence-electron chi connectivity index (χ1n) is 10.8. The van der Waals surface area contributed by atoms with Crippen LogP contribution in [-0.2, 0) is 11.3 Å². The fourth-order valence-corrected chi connectivity index (χ4v) is 4.51. The fraction of sp³-hybridized carbons (Fsp3) is 0.458. The number of phenols is 1. The van der Waals surface area contributed by atoms with Crippen LogP contribution in [0.5, 0.6) is 5.75 Å². The summed E-state index contributed by atoms with van der Waals surface area (Å²) in [6.07, 6.45) is 4.17. The van der Waals surface area contributed by atoms with Crippen molar-refractivity contribution in [1.29, 1.82) is 0 Å². The topological polar surface area (TPSA) is 53.0 Å². The van der Waals surface area contributed by atoms with Crippen molar-refractivity contribution in [3.05, 3.63) is 65.5 Å². The second-order valence-electron chi connectivity index (χ2n) is 8.26. The van der Waals surface area contributed by atoms with Gasteiger partial charge in [0.25, 0.3) is 5.91 Å². The van der Waals surface area contributed by atoms with Gasteiger partial charge in [-0.15, -0.1) is 0 Å². The van der Waals surface area contributed by atoms with E-state index in [1.165, 1.54) is 12.1 Å².